The van der Waals surface area contributed by atoms with Crippen LogP contribution in [0.2, 0.25) is 0 Å². The number of carbonyl (C=O) groups is 2. The number of cyclic esters (lactones) is 1. The van der Waals surface area contributed by atoms with Crippen molar-refractivity contribution in [3.63, 3.8) is 0 Å². The van der Waals surface area contributed by atoms with Crippen LogP contribution in [0.3, 0.4) is 0 Å². The third-order valence-electron chi connectivity index (χ3n) is 5.76. The molecule has 1 heterocycles. The van der Waals surface area contributed by atoms with E-state index in [0.29, 0.717) is 12.9 Å². The molecule has 5 heteroatoms. The Kier molecular flexibility index (Phi) is 18.9. The van der Waals surface area contributed by atoms with Crippen molar-refractivity contribution >= 4 is 42.0 Å². The van der Waals surface area contributed by atoms with E-state index in [0.717, 1.165) is 25.7 Å². The van der Waals surface area contributed by atoms with Gasteiger partial charge in [-0.15, -0.1) is 0 Å². The van der Waals surface area contributed by atoms with Crippen LogP contribution in [-0.4, -0.2) is 54.2 Å². The first kappa shape index (κ1) is 27.9. The summed E-state index contributed by atoms with van der Waals surface area (Å²) in [6.45, 7) is 4.99. The van der Waals surface area contributed by atoms with Crippen molar-refractivity contribution in [3.05, 3.63) is 0 Å². The molecule has 0 radical (unpaired) electrons. The molecule has 0 aliphatic carbocycles. The van der Waals surface area contributed by atoms with Gasteiger partial charge in [-0.05, 0) is 19.3 Å². The summed E-state index contributed by atoms with van der Waals surface area (Å²) in [5.74, 6) is -0.0489. The number of hydrogen-bond donors (Lipinski definition) is 0. The van der Waals surface area contributed by atoms with Crippen LogP contribution in [0.25, 0.3) is 0 Å². The maximum atomic E-state index is 11.7. The monoisotopic (exact) mass is 406 g/mol. The first-order chi connectivity index (χ1) is 13.2. The fourth-order valence-corrected chi connectivity index (χ4v) is 3.97. The van der Waals surface area contributed by atoms with Gasteiger partial charge in [0.15, 0.2) is 0 Å². The van der Waals surface area contributed by atoms with E-state index in [1.807, 2.05) is 0 Å². The van der Waals surface area contributed by atoms with Crippen LogP contribution in [0.1, 0.15) is 117 Å². The number of rotatable bonds is 19. The van der Waals surface area contributed by atoms with E-state index >= 15 is 0 Å². The first-order valence-corrected chi connectivity index (χ1v) is 11.5. The molecule has 1 fully saturated rings. The summed E-state index contributed by atoms with van der Waals surface area (Å²) in [7, 11) is 0. The van der Waals surface area contributed by atoms with E-state index in [4.69, 9.17) is 9.47 Å². The summed E-state index contributed by atoms with van der Waals surface area (Å²) < 4.78 is 10.6. The van der Waals surface area contributed by atoms with E-state index in [2.05, 4.69) is 13.8 Å². The van der Waals surface area contributed by atoms with Crippen molar-refractivity contribution in [1.29, 1.82) is 0 Å². The zero-order valence-corrected chi connectivity index (χ0v) is 17.8. The summed E-state index contributed by atoms with van der Waals surface area (Å²) in [5, 5.41) is 0. The second-order valence-electron chi connectivity index (χ2n) is 8.14. The van der Waals surface area contributed by atoms with Crippen molar-refractivity contribution in [3.8, 4) is 0 Å². The van der Waals surface area contributed by atoms with Crippen molar-refractivity contribution in [2.45, 2.75) is 129 Å². The zero-order chi connectivity index (χ0) is 19.7. The van der Waals surface area contributed by atoms with Crippen LogP contribution in [0.4, 0.5) is 0 Å². The minimum absolute atomic E-state index is 0. The van der Waals surface area contributed by atoms with E-state index in [9.17, 15) is 9.59 Å². The number of ether oxygens (including phenoxy) is 2. The minimum atomic E-state index is -0.108. The van der Waals surface area contributed by atoms with Gasteiger partial charge in [0.25, 0.3) is 6.47 Å². The molecule has 28 heavy (non-hydrogen) atoms. The quantitative estimate of drug-likeness (QED) is 0.119. The second kappa shape index (κ2) is 18.9. The molecule has 1 unspecified atom stereocenters. The Morgan fingerprint density at radius 2 is 1.43 bits per heavy atom. The van der Waals surface area contributed by atoms with Crippen molar-refractivity contribution < 1.29 is 19.1 Å². The summed E-state index contributed by atoms with van der Waals surface area (Å²) in [6, 6.07) is 0. The van der Waals surface area contributed by atoms with Gasteiger partial charge in [0, 0.05) is 6.42 Å². The topological polar surface area (TPSA) is 52.6 Å². The molecule has 0 amide bonds. The molecule has 160 valence electrons. The second-order valence-corrected chi connectivity index (χ2v) is 8.14. The van der Waals surface area contributed by atoms with E-state index < -0.39 is 0 Å². The van der Waals surface area contributed by atoms with Gasteiger partial charge in [0.1, 0.15) is 12.2 Å². The van der Waals surface area contributed by atoms with Crippen LogP contribution in [0.5, 0.6) is 0 Å². The van der Waals surface area contributed by atoms with Gasteiger partial charge < -0.3 is 9.47 Å². The number of carbonyl (C=O) groups excluding carboxylic acids is 2. The van der Waals surface area contributed by atoms with E-state index in [1.165, 1.54) is 70.6 Å². The molecule has 0 spiro atoms. The molecule has 0 aromatic heterocycles. The molecule has 3 atom stereocenters. The van der Waals surface area contributed by atoms with Crippen molar-refractivity contribution in [1.82, 2.24) is 0 Å². The van der Waals surface area contributed by atoms with Crippen LogP contribution in [-0.2, 0) is 19.1 Å². The number of esters is 1. The average Bonchev–Trinajstić information content (AvgIpc) is 2.66. The summed E-state index contributed by atoms with van der Waals surface area (Å²) in [5.41, 5.74) is 0. The average molecular weight is 407 g/mol. The molecular formula is C23H43NaO4. The molecule has 1 aliphatic rings. The molecule has 1 saturated heterocycles. The Labute approximate surface area is 195 Å². The molecular weight excluding hydrogens is 363 g/mol. The number of hydrogen-bond acceptors (Lipinski definition) is 4. The van der Waals surface area contributed by atoms with Crippen molar-refractivity contribution in [2.75, 3.05) is 0 Å². The van der Waals surface area contributed by atoms with E-state index in [-0.39, 0.29) is 53.7 Å². The first-order valence-electron chi connectivity index (χ1n) is 11.5. The third kappa shape index (κ3) is 12.5. The Morgan fingerprint density at radius 1 is 0.893 bits per heavy atom. The predicted molar refractivity (Wildman–Crippen MR) is 117 cm³/mol. The van der Waals surface area contributed by atoms with Gasteiger partial charge in [0.05, 0.1) is 5.92 Å². The van der Waals surface area contributed by atoms with Crippen LogP contribution < -0.4 is 0 Å². The molecule has 1 aliphatic heterocycles. The van der Waals surface area contributed by atoms with Gasteiger partial charge in [-0.2, -0.15) is 0 Å². The molecule has 0 saturated carbocycles. The van der Waals surface area contributed by atoms with Gasteiger partial charge in [-0.3, -0.25) is 9.59 Å². The molecule has 0 N–H and O–H groups in total. The molecule has 0 bridgehead atoms. The summed E-state index contributed by atoms with van der Waals surface area (Å²) in [4.78, 5) is 22.6. The Hall–Kier alpha value is -0.0600. The Morgan fingerprint density at radius 3 is 1.96 bits per heavy atom. The summed E-state index contributed by atoms with van der Waals surface area (Å²) in [6.07, 6.45) is 18.6. The fourth-order valence-electron chi connectivity index (χ4n) is 3.97. The molecule has 4 nitrogen and oxygen atoms in total. The van der Waals surface area contributed by atoms with Crippen molar-refractivity contribution in [2.24, 2.45) is 5.92 Å². The van der Waals surface area contributed by atoms with Gasteiger partial charge in [-0.1, -0.05) is 90.9 Å². The summed E-state index contributed by atoms with van der Waals surface area (Å²) >= 11 is 0. The molecule has 0 aromatic carbocycles. The Balaban J connectivity index is 0.00000729. The van der Waals surface area contributed by atoms with Gasteiger partial charge in [0.2, 0.25) is 0 Å². The van der Waals surface area contributed by atoms with Crippen LogP contribution in [0, 0.1) is 5.92 Å². The normalized spacial score (nSPS) is 19.3. The van der Waals surface area contributed by atoms with E-state index in [1.54, 1.807) is 0 Å². The zero-order valence-electron chi connectivity index (χ0n) is 17.8. The van der Waals surface area contributed by atoms with Gasteiger partial charge >= 0.3 is 35.5 Å². The SMILES string of the molecule is CCCCCCCCCCCC(C[C@@H]1OC(=O)[C@H]1CCCCCC)OC=O.[NaH]. The van der Waals surface area contributed by atoms with Crippen LogP contribution in [0.15, 0.2) is 0 Å². The standard InChI is InChI=1S/C23H42O4.Na.H/c1-3-5-7-9-10-11-12-13-14-16-20(26-19-24)18-22-21(23(25)27-22)17-15-8-6-4-2;;/h19-22H,3-18H2,1-2H3;;/t20?,21-,22-;;/m0../s1. The maximum absolute atomic E-state index is 11.7. The molecule has 1 rings (SSSR count). The molecule has 0 aromatic rings. The third-order valence-corrected chi connectivity index (χ3v) is 5.76. The fraction of sp³-hybridized carbons (Fsp3) is 0.913. The van der Waals surface area contributed by atoms with Crippen LogP contribution >= 0.6 is 0 Å². The predicted octanol–water partition coefficient (Wildman–Crippen LogP) is 5.70. The Bertz CT molecular complexity index is 389. The van der Waals surface area contributed by atoms with Gasteiger partial charge in [-0.25, -0.2) is 0 Å². The number of unbranched alkanes of at least 4 members (excludes halogenated alkanes) is 11.